The van der Waals surface area contributed by atoms with Crippen molar-refractivity contribution in [2.45, 2.75) is 19.3 Å². The molecule has 0 heterocycles. The highest BCUT2D eigenvalue weighted by Gasteiger charge is 2.39. The molecule has 0 amide bonds. The van der Waals surface area contributed by atoms with E-state index in [0.29, 0.717) is 0 Å². The molecule has 0 unspecified atom stereocenters. The number of rotatable bonds is 2. The molecule has 8 aromatic carbocycles. The summed E-state index contributed by atoms with van der Waals surface area (Å²) in [7, 11) is 0. The van der Waals surface area contributed by atoms with Crippen LogP contribution in [0.3, 0.4) is 0 Å². The van der Waals surface area contributed by atoms with Crippen molar-refractivity contribution < 1.29 is 0 Å². The standard InChI is InChI=1S/C41H28/c1-41(2)36-24-30(31-20-18-29-16-15-27-12-8-13-28-19-21-33(31)38(29)37(27)28)23-35(25-9-4-3-5-10-25)39(36)34-22-17-26-11-6-7-14-32(26)40(34)41/h3-24H,1-2H3. The molecule has 0 fully saturated rings. The first-order valence-electron chi connectivity index (χ1n) is 14.5. The van der Waals surface area contributed by atoms with Gasteiger partial charge in [0, 0.05) is 5.41 Å². The summed E-state index contributed by atoms with van der Waals surface area (Å²) in [5, 5.41) is 10.6. The maximum atomic E-state index is 2.49. The van der Waals surface area contributed by atoms with Crippen molar-refractivity contribution in [2.24, 2.45) is 0 Å². The molecule has 1 aliphatic rings. The van der Waals surface area contributed by atoms with Gasteiger partial charge in [-0.05, 0) is 99.7 Å². The van der Waals surface area contributed by atoms with E-state index in [1.165, 1.54) is 87.6 Å². The van der Waals surface area contributed by atoms with Crippen LogP contribution < -0.4 is 0 Å². The largest absolute Gasteiger partial charge is 0.0622 e. The summed E-state index contributed by atoms with van der Waals surface area (Å²) in [5.41, 5.74) is 10.6. The summed E-state index contributed by atoms with van der Waals surface area (Å²) < 4.78 is 0. The number of fused-ring (bicyclic) bond motifs is 5. The minimum Gasteiger partial charge on any atom is -0.0622 e. The fraction of sp³-hybridized carbons (Fsp3) is 0.0732. The molecule has 0 bridgehead atoms. The van der Waals surface area contributed by atoms with Gasteiger partial charge in [-0.15, -0.1) is 0 Å². The van der Waals surface area contributed by atoms with Gasteiger partial charge < -0.3 is 0 Å². The van der Waals surface area contributed by atoms with Gasteiger partial charge in [0.15, 0.2) is 0 Å². The lowest BCUT2D eigenvalue weighted by atomic mass is 9.78. The molecule has 41 heavy (non-hydrogen) atoms. The second-order valence-electron chi connectivity index (χ2n) is 12.1. The van der Waals surface area contributed by atoms with E-state index in [1.807, 2.05) is 0 Å². The summed E-state index contributed by atoms with van der Waals surface area (Å²) >= 11 is 0. The van der Waals surface area contributed by atoms with Crippen LogP contribution in [0.25, 0.3) is 76.5 Å². The van der Waals surface area contributed by atoms with Crippen LogP contribution in [0, 0.1) is 0 Å². The maximum absolute atomic E-state index is 2.49. The summed E-state index contributed by atoms with van der Waals surface area (Å²) in [6.45, 7) is 4.82. The molecule has 9 rings (SSSR count). The van der Waals surface area contributed by atoms with Gasteiger partial charge >= 0.3 is 0 Å². The Morgan fingerprint density at radius 1 is 0.415 bits per heavy atom. The first-order chi connectivity index (χ1) is 20.1. The molecule has 0 aromatic heterocycles. The zero-order chi connectivity index (χ0) is 27.3. The Morgan fingerprint density at radius 3 is 1.88 bits per heavy atom. The highest BCUT2D eigenvalue weighted by Crippen LogP contribution is 2.55. The summed E-state index contributed by atoms with van der Waals surface area (Å²) in [4.78, 5) is 0. The summed E-state index contributed by atoms with van der Waals surface area (Å²) in [6, 6.07) is 49.8. The molecule has 1 aliphatic carbocycles. The van der Waals surface area contributed by atoms with Gasteiger partial charge in [0.2, 0.25) is 0 Å². The topological polar surface area (TPSA) is 0 Å². The van der Waals surface area contributed by atoms with Crippen LogP contribution in [0.5, 0.6) is 0 Å². The molecule has 0 saturated heterocycles. The Kier molecular flexibility index (Phi) is 4.49. The zero-order valence-corrected chi connectivity index (χ0v) is 23.2. The normalized spacial score (nSPS) is 13.8. The lowest BCUT2D eigenvalue weighted by molar-refractivity contribution is 0.666. The van der Waals surface area contributed by atoms with Gasteiger partial charge in [-0.1, -0.05) is 135 Å². The van der Waals surface area contributed by atoms with Crippen molar-refractivity contribution in [3.8, 4) is 33.4 Å². The second kappa shape index (κ2) is 8.05. The Balaban J connectivity index is 1.39. The lowest BCUT2D eigenvalue weighted by Crippen LogP contribution is -2.15. The molecule has 8 aromatic rings. The SMILES string of the molecule is CC1(C)c2cc(-c3ccc4ccc5cccc6ccc3c4c56)cc(-c3ccccc3)c2-c2ccc3ccccc3c21. The highest BCUT2D eigenvalue weighted by molar-refractivity contribution is 6.25. The van der Waals surface area contributed by atoms with E-state index in [0.717, 1.165) is 0 Å². The number of benzene rings is 8. The quantitative estimate of drug-likeness (QED) is 0.199. The van der Waals surface area contributed by atoms with E-state index in [-0.39, 0.29) is 5.41 Å². The third-order valence-corrected chi connectivity index (χ3v) is 9.56. The van der Waals surface area contributed by atoms with Gasteiger partial charge in [-0.2, -0.15) is 0 Å². The Labute approximate surface area is 239 Å². The smallest absolute Gasteiger partial charge is 0.0165 e. The average Bonchev–Trinajstić information content (AvgIpc) is 3.26. The molecule has 0 spiro atoms. The van der Waals surface area contributed by atoms with Crippen LogP contribution in [0.1, 0.15) is 25.0 Å². The second-order valence-corrected chi connectivity index (χ2v) is 12.1. The Morgan fingerprint density at radius 2 is 1.05 bits per heavy atom. The molecule has 0 radical (unpaired) electrons. The minimum atomic E-state index is -0.130. The fourth-order valence-electron chi connectivity index (χ4n) is 7.70. The molecule has 0 heteroatoms. The van der Waals surface area contributed by atoms with Gasteiger partial charge in [0.1, 0.15) is 0 Å². The fourth-order valence-corrected chi connectivity index (χ4v) is 7.70. The van der Waals surface area contributed by atoms with Crippen molar-refractivity contribution >= 4 is 43.1 Å². The van der Waals surface area contributed by atoms with Crippen LogP contribution in [0.2, 0.25) is 0 Å². The molecule has 0 aliphatic heterocycles. The highest BCUT2D eigenvalue weighted by atomic mass is 14.4. The van der Waals surface area contributed by atoms with E-state index in [4.69, 9.17) is 0 Å². The van der Waals surface area contributed by atoms with Crippen LogP contribution in [0.4, 0.5) is 0 Å². The zero-order valence-electron chi connectivity index (χ0n) is 23.2. The number of hydrogen-bond acceptors (Lipinski definition) is 0. The third kappa shape index (κ3) is 3.05. The van der Waals surface area contributed by atoms with Crippen molar-refractivity contribution in [1.82, 2.24) is 0 Å². The Bertz CT molecular complexity index is 2300. The molecule has 192 valence electrons. The van der Waals surface area contributed by atoms with E-state index >= 15 is 0 Å². The molecule has 0 N–H and O–H groups in total. The van der Waals surface area contributed by atoms with E-state index in [1.54, 1.807) is 0 Å². The van der Waals surface area contributed by atoms with Gasteiger partial charge in [0.05, 0.1) is 0 Å². The molecule has 0 saturated carbocycles. The molecule has 0 nitrogen and oxygen atoms in total. The summed E-state index contributed by atoms with van der Waals surface area (Å²) in [5.74, 6) is 0. The van der Waals surface area contributed by atoms with Crippen LogP contribution in [-0.2, 0) is 5.41 Å². The van der Waals surface area contributed by atoms with Crippen LogP contribution in [0.15, 0.2) is 133 Å². The monoisotopic (exact) mass is 520 g/mol. The predicted molar refractivity (Wildman–Crippen MR) is 176 cm³/mol. The number of hydrogen-bond donors (Lipinski definition) is 0. The van der Waals surface area contributed by atoms with Crippen molar-refractivity contribution in [3.05, 3.63) is 145 Å². The molecule has 0 atom stereocenters. The van der Waals surface area contributed by atoms with Gasteiger partial charge in [0.25, 0.3) is 0 Å². The molecular weight excluding hydrogens is 492 g/mol. The summed E-state index contributed by atoms with van der Waals surface area (Å²) in [6.07, 6.45) is 0. The van der Waals surface area contributed by atoms with Crippen LogP contribution >= 0.6 is 0 Å². The van der Waals surface area contributed by atoms with Gasteiger partial charge in [-0.25, -0.2) is 0 Å². The van der Waals surface area contributed by atoms with Crippen LogP contribution in [-0.4, -0.2) is 0 Å². The third-order valence-electron chi connectivity index (χ3n) is 9.56. The maximum Gasteiger partial charge on any atom is 0.0165 e. The molecular formula is C41H28. The van der Waals surface area contributed by atoms with E-state index in [2.05, 4.69) is 147 Å². The predicted octanol–water partition coefficient (Wildman–Crippen LogP) is 11.4. The Hall–Kier alpha value is -4.94. The van der Waals surface area contributed by atoms with Crippen molar-refractivity contribution in [3.63, 3.8) is 0 Å². The van der Waals surface area contributed by atoms with Crippen molar-refractivity contribution in [1.29, 1.82) is 0 Å². The lowest BCUT2D eigenvalue weighted by Gasteiger charge is -2.24. The van der Waals surface area contributed by atoms with E-state index < -0.39 is 0 Å². The average molecular weight is 521 g/mol. The first-order valence-corrected chi connectivity index (χ1v) is 14.5. The first kappa shape index (κ1) is 22.8. The van der Waals surface area contributed by atoms with Gasteiger partial charge in [-0.3, -0.25) is 0 Å². The van der Waals surface area contributed by atoms with E-state index in [9.17, 15) is 0 Å². The minimum absolute atomic E-state index is 0.130. The van der Waals surface area contributed by atoms with Crippen molar-refractivity contribution in [2.75, 3.05) is 0 Å².